The molecule has 0 amide bonds. The van der Waals surface area contributed by atoms with Gasteiger partial charge < -0.3 is 4.74 Å². The molecule has 0 spiro atoms. The molecule has 0 fully saturated rings. The summed E-state index contributed by atoms with van der Waals surface area (Å²) in [4.78, 5) is 11.2. The lowest BCUT2D eigenvalue weighted by molar-refractivity contribution is 0.0600. The van der Waals surface area contributed by atoms with Crippen LogP contribution in [0.25, 0.3) is 0 Å². The summed E-state index contributed by atoms with van der Waals surface area (Å²) in [5.41, 5.74) is 0.0966. The first-order chi connectivity index (χ1) is 7.83. The van der Waals surface area contributed by atoms with Gasteiger partial charge in [0.05, 0.1) is 25.5 Å². The molecule has 0 unspecified atom stereocenters. The lowest BCUT2D eigenvalue weighted by Crippen LogP contribution is -2.07. The maximum absolute atomic E-state index is 13.3. The summed E-state index contributed by atoms with van der Waals surface area (Å²) >= 11 is 0. The molecule has 0 radical (unpaired) electrons. The zero-order valence-corrected chi connectivity index (χ0v) is 10.1. The van der Waals surface area contributed by atoms with E-state index in [0.717, 1.165) is 12.3 Å². The summed E-state index contributed by atoms with van der Waals surface area (Å²) in [6, 6.07) is 3.48. The summed E-state index contributed by atoms with van der Waals surface area (Å²) in [6.07, 6.45) is 0.856. The lowest BCUT2D eigenvalue weighted by Gasteiger charge is -2.05. The van der Waals surface area contributed by atoms with Crippen molar-refractivity contribution in [3.63, 3.8) is 0 Å². The van der Waals surface area contributed by atoms with Gasteiger partial charge in [-0.2, -0.15) is 8.42 Å². The van der Waals surface area contributed by atoms with E-state index in [9.17, 15) is 17.6 Å². The molecule has 0 aliphatic carbocycles. The van der Waals surface area contributed by atoms with E-state index >= 15 is 0 Å². The highest BCUT2D eigenvalue weighted by Gasteiger charge is 2.11. The molecule has 0 aromatic heterocycles. The second-order valence-electron chi connectivity index (χ2n) is 3.26. The van der Waals surface area contributed by atoms with Crippen LogP contribution in [0.4, 0.5) is 4.39 Å². The highest BCUT2D eigenvalue weighted by molar-refractivity contribution is 7.85. The van der Waals surface area contributed by atoms with Crippen LogP contribution in [0.15, 0.2) is 18.2 Å². The maximum atomic E-state index is 13.3. The van der Waals surface area contributed by atoms with Crippen LogP contribution in [0.2, 0.25) is 0 Å². The molecule has 5 nitrogen and oxygen atoms in total. The Kier molecular flexibility index (Phi) is 4.19. The topological polar surface area (TPSA) is 69.7 Å². The Hall–Kier alpha value is -1.47. The van der Waals surface area contributed by atoms with E-state index in [4.69, 9.17) is 0 Å². The predicted octanol–water partition coefficient (Wildman–Crippen LogP) is 1.09. The smallest absolute Gasteiger partial charge is 0.337 e. The zero-order valence-electron chi connectivity index (χ0n) is 9.27. The van der Waals surface area contributed by atoms with Crippen molar-refractivity contribution in [2.75, 3.05) is 13.4 Å². The minimum absolute atomic E-state index is 0.0293. The Bertz CT molecular complexity index is 523. The van der Waals surface area contributed by atoms with Crippen LogP contribution < -0.4 is 0 Å². The van der Waals surface area contributed by atoms with Gasteiger partial charge in [0.2, 0.25) is 0 Å². The van der Waals surface area contributed by atoms with Crippen molar-refractivity contribution in [1.29, 1.82) is 0 Å². The van der Waals surface area contributed by atoms with E-state index < -0.39 is 28.5 Å². The predicted molar refractivity (Wildman–Crippen MR) is 57.4 cm³/mol. The van der Waals surface area contributed by atoms with Crippen molar-refractivity contribution in [3.8, 4) is 0 Å². The first-order valence-corrected chi connectivity index (χ1v) is 6.36. The number of hydrogen-bond acceptors (Lipinski definition) is 5. The van der Waals surface area contributed by atoms with Gasteiger partial charge in [-0.15, -0.1) is 0 Å². The molecule has 0 atom stereocenters. The summed E-state index contributed by atoms with van der Waals surface area (Å²) in [5, 5.41) is 0. The Morgan fingerprint density at radius 2 is 2.06 bits per heavy atom. The van der Waals surface area contributed by atoms with Crippen molar-refractivity contribution in [2.45, 2.75) is 6.61 Å². The number of carbonyl (C=O) groups is 1. The highest BCUT2D eigenvalue weighted by Crippen LogP contribution is 2.13. The maximum Gasteiger partial charge on any atom is 0.337 e. The standard InChI is InChI=1S/C10H11FO5S/c1-15-10(12)7-3-4-9(11)8(5-7)6-16-17(2,13)14/h3-5H,6H2,1-2H3. The third kappa shape index (κ3) is 4.12. The van der Waals surface area contributed by atoms with E-state index in [2.05, 4.69) is 8.92 Å². The first-order valence-electron chi connectivity index (χ1n) is 4.54. The van der Waals surface area contributed by atoms with Crippen LogP contribution in [0.3, 0.4) is 0 Å². The molecule has 0 aliphatic rings. The van der Waals surface area contributed by atoms with E-state index in [1.165, 1.54) is 19.2 Å². The summed E-state index contributed by atoms with van der Waals surface area (Å²) < 4.78 is 43.7. The molecule has 0 aliphatic heterocycles. The molecule has 94 valence electrons. The van der Waals surface area contributed by atoms with Gasteiger partial charge in [-0.3, -0.25) is 4.18 Å². The number of rotatable bonds is 4. The second-order valence-corrected chi connectivity index (χ2v) is 4.91. The Balaban J connectivity index is 2.95. The van der Waals surface area contributed by atoms with Gasteiger partial charge in [-0.1, -0.05) is 0 Å². The zero-order chi connectivity index (χ0) is 13.1. The molecule has 0 saturated heterocycles. The van der Waals surface area contributed by atoms with E-state index in [0.29, 0.717) is 0 Å². The van der Waals surface area contributed by atoms with Crippen LogP contribution in [0, 0.1) is 5.82 Å². The fraction of sp³-hybridized carbons (Fsp3) is 0.300. The summed E-state index contributed by atoms with van der Waals surface area (Å²) in [5.74, 6) is -1.29. The Morgan fingerprint density at radius 3 is 2.59 bits per heavy atom. The molecule has 7 heteroatoms. The van der Waals surface area contributed by atoms with E-state index in [-0.39, 0.29) is 11.1 Å². The van der Waals surface area contributed by atoms with E-state index in [1.54, 1.807) is 0 Å². The minimum atomic E-state index is -3.66. The Morgan fingerprint density at radius 1 is 1.41 bits per heavy atom. The molecule has 1 aromatic rings. The third-order valence-electron chi connectivity index (χ3n) is 1.90. The van der Waals surface area contributed by atoms with Gasteiger partial charge in [0, 0.05) is 5.56 Å². The fourth-order valence-corrected chi connectivity index (χ4v) is 1.44. The van der Waals surface area contributed by atoms with Crippen LogP contribution in [-0.4, -0.2) is 27.8 Å². The molecule has 0 N–H and O–H groups in total. The number of methoxy groups -OCH3 is 1. The number of hydrogen-bond donors (Lipinski definition) is 0. The summed E-state index contributed by atoms with van der Waals surface area (Å²) in [7, 11) is -2.47. The van der Waals surface area contributed by atoms with Crippen LogP contribution >= 0.6 is 0 Å². The van der Waals surface area contributed by atoms with Gasteiger partial charge in [0.25, 0.3) is 10.1 Å². The number of halogens is 1. The van der Waals surface area contributed by atoms with Crippen LogP contribution in [0.1, 0.15) is 15.9 Å². The molecule has 17 heavy (non-hydrogen) atoms. The molecule has 0 heterocycles. The molecule has 1 rings (SSSR count). The minimum Gasteiger partial charge on any atom is -0.465 e. The van der Waals surface area contributed by atoms with Gasteiger partial charge >= 0.3 is 5.97 Å². The normalized spacial score (nSPS) is 11.2. The number of benzene rings is 1. The van der Waals surface area contributed by atoms with E-state index in [1.807, 2.05) is 0 Å². The SMILES string of the molecule is COC(=O)c1ccc(F)c(COS(C)(=O)=O)c1. The van der Waals surface area contributed by atoms with Gasteiger partial charge in [-0.05, 0) is 18.2 Å². The van der Waals surface area contributed by atoms with Gasteiger partial charge in [-0.25, -0.2) is 9.18 Å². The average Bonchev–Trinajstić information content (AvgIpc) is 2.26. The first kappa shape index (κ1) is 13.6. The van der Waals surface area contributed by atoms with Gasteiger partial charge in [0.1, 0.15) is 5.82 Å². The lowest BCUT2D eigenvalue weighted by atomic mass is 10.1. The fourth-order valence-electron chi connectivity index (χ4n) is 1.10. The molecular weight excluding hydrogens is 251 g/mol. The number of ether oxygens (including phenoxy) is 1. The average molecular weight is 262 g/mol. The van der Waals surface area contributed by atoms with Crippen molar-refractivity contribution in [2.24, 2.45) is 0 Å². The van der Waals surface area contributed by atoms with Gasteiger partial charge in [0.15, 0.2) is 0 Å². The summed E-state index contributed by atoms with van der Waals surface area (Å²) in [6.45, 7) is -0.463. The number of esters is 1. The quantitative estimate of drug-likeness (QED) is 0.600. The Labute approximate surface area is 98.3 Å². The van der Waals surface area contributed by atoms with Crippen molar-refractivity contribution in [3.05, 3.63) is 35.1 Å². The highest BCUT2D eigenvalue weighted by atomic mass is 32.2. The second kappa shape index (κ2) is 5.24. The van der Waals surface area contributed by atoms with Crippen LogP contribution in [0.5, 0.6) is 0 Å². The van der Waals surface area contributed by atoms with Crippen molar-refractivity contribution < 1.29 is 26.5 Å². The number of carbonyl (C=O) groups excluding carboxylic acids is 1. The largest absolute Gasteiger partial charge is 0.465 e. The molecular formula is C10H11FO5S. The van der Waals surface area contributed by atoms with Crippen molar-refractivity contribution in [1.82, 2.24) is 0 Å². The molecule has 0 bridgehead atoms. The third-order valence-corrected chi connectivity index (χ3v) is 2.44. The monoisotopic (exact) mass is 262 g/mol. The molecule has 0 saturated carbocycles. The molecule has 1 aromatic carbocycles. The van der Waals surface area contributed by atoms with Crippen LogP contribution in [-0.2, 0) is 25.6 Å². The van der Waals surface area contributed by atoms with Crippen molar-refractivity contribution >= 4 is 16.1 Å².